The van der Waals surface area contributed by atoms with Crippen LogP contribution in [0.3, 0.4) is 0 Å². The van der Waals surface area contributed by atoms with Crippen LogP contribution in [0.5, 0.6) is 0 Å². The highest BCUT2D eigenvalue weighted by Gasteiger charge is 2.08. The number of nitrogens with zero attached hydrogens (tertiary/aromatic N) is 1. The van der Waals surface area contributed by atoms with Crippen molar-refractivity contribution in [3.05, 3.63) is 35.5 Å². The molecule has 2 aromatic rings. The fourth-order valence-corrected chi connectivity index (χ4v) is 2.64. The zero-order chi connectivity index (χ0) is 11.5. The van der Waals surface area contributed by atoms with E-state index in [9.17, 15) is 0 Å². The van der Waals surface area contributed by atoms with Gasteiger partial charge in [0.05, 0.1) is 10.6 Å². The number of nitrogens with one attached hydrogen (secondary N) is 1. The number of aromatic nitrogens is 1. The van der Waals surface area contributed by atoms with Gasteiger partial charge in [0.2, 0.25) is 0 Å². The summed E-state index contributed by atoms with van der Waals surface area (Å²) < 4.78 is 0. The molecule has 1 aromatic carbocycles. The van der Waals surface area contributed by atoms with Gasteiger partial charge in [-0.05, 0) is 26.3 Å². The van der Waals surface area contributed by atoms with Crippen molar-refractivity contribution in [1.82, 2.24) is 4.98 Å². The number of hydrogen-bond donors (Lipinski definition) is 1. The van der Waals surface area contributed by atoms with Gasteiger partial charge in [0.1, 0.15) is 0 Å². The van der Waals surface area contributed by atoms with E-state index < -0.39 is 0 Å². The summed E-state index contributed by atoms with van der Waals surface area (Å²) in [7, 11) is 0. The molecule has 0 saturated carbocycles. The molecule has 3 heteroatoms. The highest BCUT2D eigenvalue weighted by atomic mass is 32.1. The maximum atomic E-state index is 4.51. The molecule has 0 amide bonds. The van der Waals surface area contributed by atoms with Gasteiger partial charge in [-0.1, -0.05) is 41.2 Å². The lowest BCUT2D eigenvalue weighted by atomic mass is 10.1. The van der Waals surface area contributed by atoms with Gasteiger partial charge in [-0.2, -0.15) is 0 Å². The first-order valence-electron chi connectivity index (χ1n) is 5.49. The second kappa shape index (κ2) is 4.66. The smallest absolute Gasteiger partial charge is 0.183 e. The highest BCUT2D eigenvalue weighted by molar-refractivity contribution is 7.19. The SMILES string of the molecule is CCNc1nc(C)c(-c2ccc(C)cc2)s1. The predicted octanol–water partition coefficient (Wildman–Crippen LogP) is 3.86. The van der Waals surface area contributed by atoms with E-state index in [2.05, 4.69) is 55.3 Å². The van der Waals surface area contributed by atoms with Gasteiger partial charge in [-0.3, -0.25) is 0 Å². The van der Waals surface area contributed by atoms with Crippen LogP contribution in [0.1, 0.15) is 18.2 Å². The van der Waals surface area contributed by atoms with E-state index in [1.165, 1.54) is 16.0 Å². The van der Waals surface area contributed by atoms with Gasteiger partial charge in [-0.15, -0.1) is 0 Å². The van der Waals surface area contributed by atoms with E-state index >= 15 is 0 Å². The molecular weight excluding hydrogens is 216 g/mol. The van der Waals surface area contributed by atoms with E-state index in [1.54, 1.807) is 11.3 Å². The van der Waals surface area contributed by atoms with Crippen LogP contribution in [-0.4, -0.2) is 11.5 Å². The summed E-state index contributed by atoms with van der Waals surface area (Å²) in [6, 6.07) is 8.60. The average molecular weight is 232 g/mol. The summed E-state index contributed by atoms with van der Waals surface area (Å²) in [4.78, 5) is 5.77. The van der Waals surface area contributed by atoms with Crippen LogP contribution in [0, 0.1) is 13.8 Å². The van der Waals surface area contributed by atoms with Crippen molar-refractivity contribution in [3.63, 3.8) is 0 Å². The number of aryl methyl sites for hydroxylation is 2. The van der Waals surface area contributed by atoms with E-state index in [-0.39, 0.29) is 0 Å². The highest BCUT2D eigenvalue weighted by Crippen LogP contribution is 2.32. The van der Waals surface area contributed by atoms with Crippen LogP contribution in [0.15, 0.2) is 24.3 Å². The fraction of sp³-hybridized carbons (Fsp3) is 0.308. The molecule has 0 radical (unpaired) electrons. The van der Waals surface area contributed by atoms with Crippen molar-refractivity contribution in [2.45, 2.75) is 20.8 Å². The molecule has 1 aromatic heterocycles. The van der Waals surface area contributed by atoms with Crippen molar-refractivity contribution in [2.75, 3.05) is 11.9 Å². The zero-order valence-electron chi connectivity index (χ0n) is 9.87. The van der Waals surface area contributed by atoms with Crippen molar-refractivity contribution in [3.8, 4) is 10.4 Å². The third-order valence-electron chi connectivity index (χ3n) is 2.44. The lowest BCUT2D eigenvalue weighted by molar-refractivity contribution is 1.17. The Hall–Kier alpha value is -1.35. The van der Waals surface area contributed by atoms with E-state index in [0.29, 0.717) is 0 Å². The maximum absolute atomic E-state index is 4.51. The third-order valence-corrected chi connectivity index (χ3v) is 3.60. The lowest BCUT2D eigenvalue weighted by Crippen LogP contribution is -1.94. The zero-order valence-corrected chi connectivity index (χ0v) is 10.7. The topological polar surface area (TPSA) is 24.9 Å². The minimum atomic E-state index is 0.917. The van der Waals surface area contributed by atoms with Crippen LogP contribution in [0.2, 0.25) is 0 Å². The Labute approximate surface area is 100 Å². The van der Waals surface area contributed by atoms with Crippen LogP contribution >= 0.6 is 11.3 Å². The molecule has 0 aliphatic rings. The van der Waals surface area contributed by atoms with E-state index in [1.807, 2.05) is 0 Å². The van der Waals surface area contributed by atoms with Crippen molar-refractivity contribution in [1.29, 1.82) is 0 Å². The first kappa shape index (κ1) is 11.1. The second-order valence-corrected chi connectivity index (χ2v) is 4.83. The Balaban J connectivity index is 2.36. The number of anilines is 1. The Morgan fingerprint density at radius 3 is 2.50 bits per heavy atom. The van der Waals surface area contributed by atoms with Crippen LogP contribution < -0.4 is 5.32 Å². The van der Waals surface area contributed by atoms with Gasteiger partial charge in [-0.25, -0.2) is 4.98 Å². The van der Waals surface area contributed by atoms with Crippen molar-refractivity contribution < 1.29 is 0 Å². The first-order valence-corrected chi connectivity index (χ1v) is 6.30. The third kappa shape index (κ3) is 2.25. The molecule has 2 rings (SSSR count). The molecule has 0 aliphatic carbocycles. The van der Waals surface area contributed by atoms with E-state index in [4.69, 9.17) is 0 Å². The summed E-state index contributed by atoms with van der Waals surface area (Å²) in [5, 5.41) is 4.27. The van der Waals surface area contributed by atoms with Crippen LogP contribution in [0.4, 0.5) is 5.13 Å². The molecule has 0 unspecified atom stereocenters. The quantitative estimate of drug-likeness (QED) is 0.869. The average Bonchev–Trinajstić information content (AvgIpc) is 2.61. The number of rotatable bonds is 3. The molecule has 0 saturated heterocycles. The Bertz CT molecular complexity index is 471. The predicted molar refractivity (Wildman–Crippen MR) is 71.2 cm³/mol. The van der Waals surface area contributed by atoms with Crippen molar-refractivity contribution in [2.24, 2.45) is 0 Å². The molecule has 0 bridgehead atoms. The van der Waals surface area contributed by atoms with Gasteiger partial charge in [0.25, 0.3) is 0 Å². The normalized spacial score (nSPS) is 10.4. The van der Waals surface area contributed by atoms with E-state index in [0.717, 1.165) is 17.4 Å². The van der Waals surface area contributed by atoms with Gasteiger partial charge in [0.15, 0.2) is 5.13 Å². The molecule has 0 atom stereocenters. The summed E-state index contributed by atoms with van der Waals surface area (Å²) in [6.07, 6.45) is 0. The summed E-state index contributed by atoms with van der Waals surface area (Å²) in [5.74, 6) is 0. The Kier molecular flexibility index (Phi) is 3.25. The van der Waals surface area contributed by atoms with Crippen LogP contribution in [0.25, 0.3) is 10.4 Å². The Morgan fingerprint density at radius 2 is 1.88 bits per heavy atom. The van der Waals surface area contributed by atoms with Crippen molar-refractivity contribution >= 4 is 16.5 Å². The first-order chi connectivity index (χ1) is 7.70. The van der Waals surface area contributed by atoms with Gasteiger partial charge >= 0.3 is 0 Å². The molecule has 0 fully saturated rings. The summed E-state index contributed by atoms with van der Waals surface area (Å²) >= 11 is 1.72. The van der Waals surface area contributed by atoms with Gasteiger partial charge in [0, 0.05) is 6.54 Å². The molecule has 0 spiro atoms. The Morgan fingerprint density at radius 1 is 1.19 bits per heavy atom. The minimum absolute atomic E-state index is 0.917. The van der Waals surface area contributed by atoms with Gasteiger partial charge < -0.3 is 5.32 Å². The molecule has 2 nitrogen and oxygen atoms in total. The number of benzene rings is 1. The molecule has 84 valence electrons. The summed E-state index contributed by atoms with van der Waals surface area (Å²) in [6.45, 7) is 7.17. The standard InChI is InChI=1S/C13H16N2S/c1-4-14-13-15-10(3)12(16-13)11-7-5-9(2)6-8-11/h5-8H,4H2,1-3H3,(H,14,15). The fourth-order valence-electron chi connectivity index (χ4n) is 1.60. The second-order valence-electron chi connectivity index (χ2n) is 3.83. The lowest BCUT2D eigenvalue weighted by Gasteiger charge is -1.98. The molecular formula is C13H16N2S. The van der Waals surface area contributed by atoms with Crippen LogP contribution in [-0.2, 0) is 0 Å². The molecule has 16 heavy (non-hydrogen) atoms. The molecule has 0 aliphatic heterocycles. The molecule has 1 N–H and O–H groups in total. The number of hydrogen-bond acceptors (Lipinski definition) is 3. The monoisotopic (exact) mass is 232 g/mol. The largest absolute Gasteiger partial charge is 0.362 e. The maximum Gasteiger partial charge on any atom is 0.183 e. The number of thiazole rings is 1. The minimum Gasteiger partial charge on any atom is -0.362 e. The summed E-state index contributed by atoms with van der Waals surface area (Å²) in [5.41, 5.74) is 3.65. The molecule has 1 heterocycles.